The SMILES string of the molecule is C1=CC2CC1C1C3CC(C4CCC5CC5C4)C(C3)C21. The van der Waals surface area contributed by atoms with Crippen LogP contribution in [0.5, 0.6) is 0 Å². The van der Waals surface area contributed by atoms with Crippen molar-refractivity contribution in [3.05, 3.63) is 12.2 Å². The van der Waals surface area contributed by atoms with Crippen molar-refractivity contribution in [3.63, 3.8) is 0 Å². The summed E-state index contributed by atoms with van der Waals surface area (Å²) in [6.45, 7) is 0. The fraction of sp³-hybridized carbons (Fsp3) is 0.895. The topological polar surface area (TPSA) is 0 Å². The average molecular weight is 254 g/mol. The molecule has 0 aromatic rings. The molecule has 19 heavy (non-hydrogen) atoms. The van der Waals surface area contributed by atoms with Crippen LogP contribution < -0.4 is 0 Å². The molecule has 6 aliphatic rings. The van der Waals surface area contributed by atoms with Crippen molar-refractivity contribution < 1.29 is 0 Å². The van der Waals surface area contributed by atoms with Crippen molar-refractivity contribution in [1.29, 1.82) is 0 Å². The largest absolute Gasteiger partial charge is 0.0848 e. The van der Waals surface area contributed by atoms with Gasteiger partial charge in [0.05, 0.1) is 0 Å². The minimum absolute atomic E-state index is 1.02. The molecule has 0 nitrogen and oxygen atoms in total. The van der Waals surface area contributed by atoms with E-state index in [1.54, 1.807) is 44.9 Å². The lowest BCUT2D eigenvalue weighted by atomic mass is 9.64. The fourth-order valence-corrected chi connectivity index (χ4v) is 7.89. The molecule has 0 radical (unpaired) electrons. The van der Waals surface area contributed by atoms with Crippen LogP contribution in [0.1, 0.15) is 44.9 Å². The second-order valence-corrected chi connectivity index (χ2v) is 8.99. The van der Waals surface area contributed by atoms with Gasteiger partial charge >= 0.3 is 0 Å². The third-order valence-corrected chi connectivity index (χ3v) is 8.51. The highest BCUT2D eigenvalue weighted by Crippen LogP contribution is 2.69. The third kappa shape index (κ3) is 1.23. The van der Waals surface area contributed by atoms with Crippen LogP contribution in [-0.4, -0.2) is 0 Å². The fourth-order valence-electron chi connectivity index (χ4n) is 7.89. The van der Waals surface area contributed by atoms with Gasteiger partial charge in [-0.15, -0.1) is 0 Å². The summed E-state index contributed by atoms with van der Waals surface area (Å²) < 4.78 is 0. The Morgan fingerprint density at radius 3 is 2.16 bits per heavy atom. The van der Waals surface area contributed by atoms with Gasteiger partial charge in [-0.25, -0.2) is 0 Å². The van der Waals surface area contributed by atoms with E-state index >= 15 is 0 Å². The molecule has 10 unspecified atom stereocenters. The summed E-state index contributed by atoms with van der Waals surface area (Å²) in [5.41, 5.74) is 0. The molecule has 0 aromatic carbocycles. The minimum atomic E-state index is 1.02. The first-order valence-corrected chi connectivity index (χ1v) is 9.07. The van der Waals surface area contributed by atoms with Crippen LogP contribution in [0.15, 0.2) is 12.2 Å². The summed E-state index contributed by atoms with van der Waals surface area (Å²) in [6, 6.07) is 0. The summed E-state index contributed by atoms with van der Waals surface area (Å²) in [7, 11) is 0. The highest BCUT2D eigenvalue weighted by atomic mass is 14.7. The van der Waals surface area contributed by atoms with E-state index in [1.165, 1.54) is 17.8 Å². The van der Waals surface area contributed by atoms with Crippen LogP contribution in [0, 0.1) is 59.2 Å². The zero-order valence-corrected chi connectivity index (χ0v) is 11.9. The maximum absolute atomic E-state index is 2.61. The van der Waals surface area contributed by atoms with Gasteiger partial charge in [-0.2, -0.15) is 0 Å². The smallest absolute Gasteiger partial charge is 0.0194 e. The zero-order valence-electron chi connectivity index (χ0n) is 11.9. The molecule has 0 heterocycles. The lowest BCUT2D eigenvalue weighted by Crippen LogP contribution is -2.35. The Morgan fingerprint density at radius 1 is 0.526 bits per heavy atom. The summed E-state index contributed by atoms with van der Waals surface area (Å²) in [4.78, 5) is 0. The van der Waals surface area contributed by atoms with E-state index in [-0.39, 0.29) is 0 Å². The van der Waals surface area contributed by atoms with Crippen molar-refractivity contribution in [2.75, 3.05) is 0 Å². The first-order valence-electron chi connectivity index (χ1n) is 9.07. The van der Waals surface area contributed by atoms with E-state index in [9.17, 15) is 0 Å². The Hall–Kier alpha value is -0.260. The number of rotatable bonds is 1. The molecule has 0 N–H and O–H groups in total. The molecular weight excluding hydrogens is 228 g/mol. The van der Waals surface area contributed by atoms with Gasteiger partial charge < -0.3 is 0 Å². The Morgan fingerprint density at radius 2 is 1.26 bits per heavy atom. The van der Waals surface area contributed by atoms with E-state index in [0.717, 1.165) is 41.4 Å². The van der Waals surface area contributed by atoms with E-state index in [0.29, 0.717) is 0 Å². The van der Waals surface area contributed by atoms with E-state index in [4.69, 9.17) is 0 Å². The molecule has 6 rings (SSSR count). The number of hydrogen-bond donors (Lipinski definition) is 0. The Kier molecular flexibility index (Phi) is 1.82. The van der Waals surface area contributed by atoms with Gasteiger partial charge in [0, 0.05) is 0 Å². The molecule has 0 amide bonds. The van der Waals surface area contributed by atoms with Gasteiger partial charge in [0.25, 0.3) is 0 Å². The maximum atomic E-state index is 2.61. The molecule has 5 saturated carbocycles. The van der Waals surface area contributed by atoms with Crippen LogP contribution in [-0.2, 0) is 0 Å². The molecule has 0 saturated heterocycles. The maximum Gasteiger partial charge on any atom is -0.0194 e. The summed E-state index contributed by atoms with van der Waals surface area (Å²) >= 11 is 0. The predicted octanol–water partition coefficient (Wildman–Crippen LogP) is 4.52. The lowest BCUT2D eigenvalue weighted by molar-refractivity contribution is 0.0897. The van der Waals surface area contributed by atoms with Crippen molar-refractivity contribution in [3.8, 4) is 0 Å². The normalized spacial score (nSPS) is 67.4. The van der Waals surface area contributed by atoms with Crippen molar-refractivity contribution >= 4 is 0 Å². The predicted molar refractivity (Wildman–Crippen MR) is 76.4 cm³/mol. The van der Waals surface area contributed by atoms with Gasteiger partial charge in [0.2, 0.25) is 0 Å². The molecule has 6 aliphatic carbocycles. The van der Waals surface area contributed by atoms with Crippen molar-refractivity contribution in [1.82, 2.24) is 0 Å². The molecule has 102 valence electrons. The quantitative estimate of drug-likeness (QED) is 0.477. The molecule has 0 spiro atoms. The van der Waals surface area contributed by atoms with E-state index in [2.05, 4.69) is 12.2 Å². The standard InChI is InChI=1S/C19H26/c1-2-11(6-14-5-10(1)14)16-8-15-9-17(16)19-13-4-3-12(7-13)18(15)19/h3-4,10-19H,1-2,5-9H2. The number of hydrogen-bond acceptors (Lipinski definition) is 0. The van der Waals surface area contributed by atoms with E-state index < -0.39 is 0 Å². The van der Waals surface area contributed by atoms with Crippen LogP contribution in [0.25, 0.3) is 0 Å². The van der Waals surface area contributed by atoms with Gasteiger partial charge in [0.1, 0.15) is 0 Å². The van der Waals surface area contributed by atoms with Crippen LogP contribution in [0.3, 0.4) is 0 Å². The highest BCUT2D eigenvalue weighted by Gasteiger charge is 2.62. The van der Waals surface area contributed by atoms with Crippen LogP contribution in [0.4, 0.5) is 0 Å². The second kappa shape index (κ2) is 3.31. The van der Waals surface area contributed by atoms with Crippen molar-refractivity contribution in [2.24, 2.45) is 59.2 Å². The van der Waals surface area contributed by atoms with Crippen molar-refractivity contribution in [2.45, 2.75) is 44.9 Å². The summed E-state index contributed by atoms with van der Waals surface area (Å²) in [5, 5.41) is 0. The van der Waals surface area contributed by atoms with Gasteiger partial charge in [0.15, 0.2) is 0 Å². The molecule has 5 fully saturated rings. The van der Waals surface area contributed by atoms with Gasteiger partial charge in [-0.3, -0.25) is 0 Å². The monoisotopic (exact) mass is 254 g/mol. The average Bonchev–Trinajstić information content (AvgIpc) is 2.86. The Labute approximate surface area is 117 Å². The molecule has 4 bridgehead atoms. The zero-order chi connectivity index (χ0) is 12.1. The van der Waals surface area contributed by atoms with E-state index in [1.807, 2.05) is 0 Å². The minimum Gasteiger partial charge on any atom is -0.0848 e. The van der Waals surface area contributed by atoms with Gasteiger partial charge in [-0.1, -0.05) is 12.2 Å². The Balaban J connectivity index is 1.29. The van der Waals surface area contributed by atoms with Crippen LogP contribution >= 0.6 is 0 Å². The molecular formula is C19H26. The molecule has 0 aliphatic heterocycles. The van der Waals surface area contributed by atoms with Crippen LogP contribution in [0.2, 0.25) is 0 Å². The second-order valence-electron chi connectivity index (χ2n) is 8.99. The molecule has 0 heteroatoms. The van der Waals surface area contributed by atoms with Gasteiger partial charge in [-0.05, 0) is 104 Å². The number of allylic oxidation sites excluding steroid dienone is 2. The third-order valence-electron chi connectivity index (χ3n) is 8.51. The summed E-state index contributed by atoms with van der Waals surface area (Å²) in [6.07, 6.45) is 16.5. The Bertz CT molecular complexity index is 449. The summed E-state index contributed by atoms with van der Waals surface area (Å²) in [5.74, 6) is 11.3. The first kappa shape index (κ1) is 10.5. The highest BCUT2D eigenvalue weighted by molar-refractivity contribution is 5.21. The number of fused-ring (bicyclic) bond motifs is 10. The first-order chi connectivity index (χ1) is 9.38. The lowest BCUT2D eigenvalue weighted by Gasteiger charge is -2.41. The molecule has 0 aromatic heterocycles. The molecule has 10 atom stereocenters.